The maximum atomic E-state index is 13.1. The largest absolute Gasteiger partial charge is 0.338 e. The predicted octanol–water partition coefficient (Wildman–Crippen LogP) is 3.20. The lowest BCUT2D eigenvalue weighted by molar-refractivity contribution is -0.141. The fraction of sp³-hybridized carbons (Fsp3) is 0.600. The monoisotopic (exact) mass is 413 g/mol. The number of amides is 2. The van der Waals surface area contributed by atoms with E-state index >= 15 is 0 Å². The Labute approximate surface area is 172 Å². The summed E-state index contributed by atoms with van der Waals surface area (Å²) in [4.78, 5) is 29.6. The van der Waals surface area contributed by atoms with Gasteiger partial charge in [-0.25, -0.2) is 0 Å². The number of carbonyl (C=O) groups excluding carboxylic acids is 2. The van der Waals surface area contributed by atoms with E-state index in [0.717, 1.165) is 32.2 Å². The molecule has 2 fully saturated rings. The summed E-state index contributed by atoms with van der Waals surface area (Å²) in [5.74, 6) is 0.632. The van der Waals surface area contributed by atoms with Crippen molar-refractivity contribution in [3.05, 3.63) is 34.9 Å². The summed E-state index contributed by atoms with van der Waals surface area (Å²) in [5.41, 5.74) is 6.54. The number of piperidine rings is 2. The van der Waals surface area contributed by atoms with Crippen LogP contribution in [0, 0.1) is 11.8 Å². The average Bonchev–Trinajstić information content (AvgIpc) is 2.67. The van der Waals surface area contributed by atoms with Gasteiger partial charge in [0.25, 0.3) is 5.91 Å². The molecule has 2 heterocycles. The van der Waals surface area contributed by atoms with Crippen molar-refractivity contribution >= 4 is 35.8 Å². The molecule has 0 spiro atoms. The first-order chi connectivity index (χ1) is 12.5. The molecule has 3 atom stereocenters. The Hall–Kier alpha value is -1.30. The fourth-order valence-electron chi connectivity index (χ4n) is 4.14. The van der Waals surface area contributed by atoms with Crippen molar-refractivity contribution in [2.45, 2.75) is 38.6 Å². The summed E-state index contributed by atoms with van der Waals surface area (Å²) in [5, 5.41) is 0.611. The van der Waals surface area contributed by atoms with Crippen LogP contribution in [0.2, 0.25) is 5.02 Å². The van der Waals surface area contributed by atoms with Crippen LogP contribution < -0.4 is 5.73 Å². The molecule has 0 radical (unpaired) electrons. The number of nitrogens with two attached hydrogens (primary N) is 1. The SMILES string of the molecule is CC1CCN(C(=O)C2CCCN(C(=O)c3ccc(Cl)cc3)C2)C(CN)C1.Cl. The Morgan fingerprint density at radius 1 is 1.19 bits per heavy atom. The van der Waals surface area contributed by atoms with Gasteiger partial charge in [-0.3, -0.25) is 9.59 Å². The van der Waals surface area contributed by atoms with Crippen LogP contribution in [0.25, 0.3) is 0 Å². The Morgan fingerprint density at radius 3 is 2.56 bits per heavy atom. The molecular weight excluding hydrogens is 385 g/mol. The molecule has 3 rings (SSSR count). The lowest BCUT2D eigenvalue weighted by Gasteiger charge is -2.41. The first-order valence-corrected chi connectivity index (χ1v) is 9.92. The second-order valence-electron chi connectivity index (χ2n) is 7.65. The molecule has 7 heteroatoms. The van der Waals surface area contributed by atoms with Gasteiger partial charge in [0.15, 0.2) is 0 Å². The van der Waals surface area contributed by atoms with E-state index in [2.05, 4.69) is 6.92 Å². The Bertz CT molecular complexity index is 653. The Kier molecular flexibility index (Phi) is 7.95. The van der Waals surface area contributed by atoms with Crippen LogP contribution in [0.4, 0.5) is 0 Å². The van der Waals surface area contributed by atoms with E-state index in [1.165, 1.54) is 0 Å². The third kappa shape index (κ3) is 5.15. The summed E-state index contributed by atoms with van der Waals surface area (Å²) in [6, 6.07) is 7.07. The number of rotatable bonds is 3. The molecule has 2 N–H and O–H groups in total. The topological polar surface area (TPSA) is 66.6 Å². The summed E-state index contributed by atoms with van der Waals surface area (Å²) in [6.45, 7) is 4.70. The number of likely N-dealkylation sites (tertiary alicyclic amines) is 2. The van der Waals surface area contributed by atoms with Gasteiger partial charge in [-0.2, -0.15) is 0 Å². The normalized spacial score (nSPS) is 25.7. The van der Waals surface area contributed by atoms with Crippen molar-refractivity contribution in [3.8, 4) is 0 Å². The van der Waals surface area contributed by atoms with Crippen molar-refractivity contribution < 1.29 is 9.59 Å². The molecule has 2 amide bonds. The maximum absolute atomic E-state index is 13.1. The molecule has 0 aliphatic carbocycles. The van der Waals surface area contributed by atoms with Gasteiger partial charge in [0, 0.05) is 42.8 Å². The first kappa shape index (κ1) is 22.0. The van der Waals surface area contributed by atoms with Crippen LogP contribution in [0.15, 0.2) is 24.3 Å². The molecule has 5 nitrogen and oxygen atoms in total. The quantitative estimate of drug-likeness (QED) is 0.826. The van der Waals surface area contributed by atoms with Gasteiger partial charge >= 0.3 is 0 Å². The van der Waals surface area contributed by atoms with Crippen LogP contribution in [0.5, 0.6) is 0 Å². The highest BCUT2D eigenvalue weighted by Crippen LogP contribution is 2.27. The van der Waals surface area contributed by atoms with Gasteiger partial charge in [0.05, 0.1) is 5.92 Å². The van der Waals surface area contributed by atoms with E-state index in [-0.39, 0.29) is 36.2 Å². The highest BCUT2D eigenvalue weighted by atomic mass is 35.5. The molecule has 1 aromatic rings. The summed E-state index contributed by atoms with van der Waals surface area (Å²) in [7, 11) is 0. The highest BCUT2D eigenvalue weighted by molar-refractivity contribution is 6.30. The number of hydrogen-bond acceptors (Lipinski definition) is 3. The van der Waals surface area contributed by atoms with Crippen molar-refractivity contribution in [2.24, 2.45) is 17.6 Å². The minimum atomic E-state index is -0.123. The maximum Gasteiger partial charge on any atom is 0.253 e. The molecular formula is C20H29Cl2N3O2. The van der Waals surface area contributed by atoms with Crippen LogP contribution in [-0.2, 0) is 4.79 Å². The standard InChI is InChI=1S/C20H28ClN3O2.ClH/c1-14-8-10-24(18(11-14)12-22)20(26)16-3-2-9-23(13-16)19(25)15-4-6-17(21)7-5-15;/h4-7,14,16,18H,2-3,8-13,22H2,1H3;1H. The molecule has 2 aliphatic heterocycles. The van der Waals surface area contributed by atoms with E-state index in [1.807, 2.05) is 4.90 Å². The summed E-state index contributed by atoms with van der Waals surface area (Å²) in [6.07, 6.45) is 3.70. The second-order valence-corrected chi connectivity index (χ2v) is 8.08. The van der Waals surface area contributed by atoms with Crippen molar-refractivity contribution in [2.75, 3.05) is 26.2 Å². The van der Waals surface area contributed by atoms with Crippen LogP contribution in [-0.4, -0.2) is 53.8 Å². The van der Waals surface area contributed by atoms with Gasteiger partial charge in [0.1, 0.15) is 0 Å². The van der Waals surface area contributed by atoms with E-state index in [1.54, 1.807) is 29.2 Å². The minimum Gasteiger partial charge on any atom is -0.338 e. The summed E-state index contributed by atoms with van der Waals surface area (Å²) < 4.78 is 0. The smallest absolute Gasteiger partial charge is 0.253 e. The Morgan fingerprint density at radius 2 is 1.89 bits per heavy atom. The second kappa shape index (κ2) is 9.76. The molecule has 27 heavy (non-hydrogen) atoms. The molecule has 150 valence electrons. The fourth-order valence-corrected chi connectivity index (χ4v) is 4.26. The lowest BCUT2D eigenvalue weighted by Crippen LogP contribution is -2.54. The van der Waals surface area contributed by atoms with Crippen LogP contribution in [0.1, 0.15) is 43.0 Å². The highest BCUT2D eigenvalue weighted by Gasteiger charge is 2.36. The Balaban J connectivity index is 0.00000261. The molecule has 0 aromatic heterocycles. The van der Waals surface area contributed by atoms with Gasteiger partial charge in [-0.1, -0.05) is 18.5 Å². The van der Waals surface area contributed by atoms with Crippen molar-refractivity contribution in [3.63, 3.8) is 0 Å². The molecule has 1 aromatic carbocycles. The van der Waals surface area contributed by atoms with Gasteiger partial charge in [-0.15, -0.1) is 12.4 Å². The van der Waals surface area contributed by atoms with Crippen molar-refractivity contribution in [1.29, 1.82) is 0 Å². The zero-order chi connectivity index (χ0) is 18.7. The average molecular weight is 414 g/mol. The summed E-state index contributed by atoms with van der Waals surface area (Å²) >= 11 is 5.91. The van der Waals surface area contributed by atoms with E-state index < -0.39 is 0 Å². The zero-order valence-corrected chi connectivity index (χ0v) is 17.3. The minimum absolute atomic E-state index is 0. The van der Waals surface area contributed by atoms with E-state index in [9.17, 15) is 9.59 Å². The number of halogens is 2. The molecule has 0 bridgehead atoms. The van der Waals surface area contributed by atoms with Gasteiger partial charge in [0.2, 0.25) is 5.91 Å². The zero-order valence-electron chi connectivity index (χ0n) is 15.8. The molecule has 3 unspecified atom stereocenters. The third-order valence-electron chi connectivity index (χ3n) is 5.68. The van der Waals surface area contributed by atoms with Gasteiger partial charge in [-0.05, 0) is 55.9 Å². The van der Waals surface area contributed by atoms with Crippen LogP contribution >= 0.6 is 24.0 Å². The van der Waals surface area contributed by atoms with E-state index in [4.69, 9.17) is 17.3 Å². The molecule has 2 saturated heterocycles. The number of benzene rings is 1. The van der Waals surface area contributed by atoms with Crippen LogP contribution in [0.3, 0.4) is 0 Å². The van der Waals surface area contributed by atoms with Gasteiger partial charge < -0.3 is 15.5 Å². The number of nitrogens with zero attached hydrogens (tertiary/aromatic N) is 2. The first-order valence-electron chi connectivity index (χ1n) is 9.55. The number of hydrogen-bond donors (Lipinski definition) is 1. The molecule has 0 saturated carbocycles. The predicted molar refractivity (Wildman–Crippen MR) is 110 cm³/mol. The number of carbonyl (C=O) groups is 2. The third-order valence-corrected chi connectivity index (χ3v) is 5.93. The van der Waals surface area contributed by atoms with E-state index in [0.29, 0.717) is 36.1 Å². The molecule has 2 aliphatic rings. The lowest BCUT2D eigenvalue weighted by atomic mass is 9.89. The van der Waals surface area contributed by atoms with Crippen molar-refractivity contribution in [1.82, 2.24) is 9.80 Å².